The van der Waals surface area contributed by atoms with E-state index in [9.17, 15) is 0 Å². The van der Waals surface area contributed by atoms with Crippen LogP contribution in [0.2, 0.25) is 0 Å². The number of anilines is 1. The molecule has 2 rings (SSSR count). The van der Waals surface area contributed by atoms with Crippen molar-refractivity contribution in [1.82, 2.24) is 0 Å². The molecule has 0 amide bonds. The molecule has 0 aliphatic rings. The molecule has 90 valence electrons. The number of rotatable bonds is 3. The van der Waals surface area contributed by atoms with Gasteiger partial charge in [0.1, 0.15) is 0 Å². The van der Waals surface area contributed by atoms with E-state index in [-0.39, 0.29) is 0 Å². The Bertz CT molecular complexity index is 582. The topological polar surface area (TPSA) is 35.8 Å². The summed E-state index contributed by atoms with van der Waals surface area (Å²) in [6.07, 6.45) is 0. The van der Waals surface area contributed by atoms with Gasteiger partial charge in [0.05, 0.1) is 11.6 Å². The molecule has 2 nitrogen and oxygen atoms in total. The molecule has 18 heavy (non-hydrogen) atoms. The highest BCUT2D eigenvalue weighted by Crippen LogP contribution is 2.19. The van der Waals surface area contributed by atoms with E-state index in [0.29, 0.717) is 5.56 Å². The van der Waals surface area contributed by atoms with Gasteiger partial charge in [-0.1, -0.05) is 28.1 Å². The average Bonchev–Trinajstić information content (AvgIpc) is 2.38. The van der Waals surface area contributed by atoms with Crippen molar-refractivity contribution in [3.05, 3.63) is 63.6 Å². The van der Waals surface area contributed by atoms with Crippen LogP contribution < -0.4 is 5.32 Å². The third kappa shape index (κ3) is 3.12. The second kappa shape index (κ2) is 5.70. The number of aryl methyl sites for hydroxylation is 1. The molecule has 0 aliphatic heterocycles. The Hall–Kier alpha value is -1.79. The first-order valence-electron chi connectivity index (χ1n) is 5.68. The van der Waals surface area contributed by atoms with Gasteiger partial charge in [-0.25, -0.2) is 0 Å². The third-order valence-electron chi connectivity index (χ3n) is 2.71. The van der Waals surface area contributed by atoms with Crippen LogP contribution in [0.5, 0.6) is 0 Å². The van der Waals surface area contributed by atoms with Gasteiger partial charge < -0.3 is 5.32 Å². The van der Waals surface area contributed by atoms with Crippen molar-refractivity contribution in [3.63, 3.8) is 0 Å². The van der Waals surface area contributed by atoms with E-state index in [2.05, 4.69) is 52.4 Å². The lowest BCUT2D eigenvalue weighted by Crippen LogP contribution is -2.00. The Morgan fingerprint density at radius 2 is 1.89 bits per heavy atom. The van der Waals surface area contributed by atoms with Crippen LogP contribution in [0, 0.1) is 18.3 Å². The summed E-state index contributed by atoms with van der Waals surface area (Å²) >= 11 is 3.56. The zero-order valence-electron chi connectivity index (χ0n) is 10.1. The second-order valence-corrected chi connectivity index (χ2v) is 4.99. The van der Waals surface area contributed by atoms with Crippen molar-refractivity contribution in [3.8, 4) is 6.07 Å². The molecule has 0 atom stereocenters. The molecule has 1 N–H and O–H groups in total. The van der Waals surface area contributed by atoms with E-state index in [0.717, 1.165) is 16.7 Å². The van der Waals surface area contributed by atoms with Crippen LogP contribution in [0.1, 0.15) is 16.7 Å². The van der Waals surface area contributed by atoms with Gasteiger partial charge in [-0.15, -0.1) is 0 Å². The zero-order valence-corrected chi connectivity index (χ0v) is 11.7. The lowest BCUT2D eigenvalue weighted by Gasteiger charge is -2.09. The number of halogens is 1. The van der Waals surface area contributed by atoms with Crippen molar-refractivity contribution < 1.29 is 0 Å². The maximum absolute atomic E-state index is 8.72. The van der Waals surface area contributed by atoms with Crippen LogP contribution in [0.15, 0.2) is 46.9 Å². The monoisotopic (exact) mass is 300 g/mol. The highest BCUT2D eigenvalue weighted by molar-refractivity contribution is 9.10. The van der Waals surface area contributed by atoms with Gasteiger partial charge in [-0.2, -0.15) is 5.26 Å². The van der Waals surface area contributed by atoms with Crippen LogP contribution in [0.4, 0.5) is 5.69 Å². The van der Waals surface area contributed by atoms with E-state index < -0.39 is 0 Å². The van der Waals surface area contributed by atoms with Gasteiger partial charge in [-0.3, -0.25) is 0 Å². The molecule has 0 heterocycles. The Kier molecular flexibility index (Phi) is 4.01. The van der Waals surface area contributed by atoms with Gasteiger partial charge in [0.2, 0.25) is 0 Å². The molecule has 0 saturated heterocycles. The molecule has 0 saturated carbocycles. The van der Waals surface area contributed by atoms with Crippen LogP contribution >= 0.6 is 15.9 Å². The van der Waals surface area contributed by atoms with Crippen molar-refractivity contribution in [2.45, 2.75) is 13.5 Å². The number of benzene rings is 2. The number of nitriles is 1. The summed E-state index contributed by atoms with van der Waals surface area (Å²) < 4.78 is 1.11. The summed E-state index contributed by atoms with van der Waals surface area (Å²) in [6.45, 7) is 2.83. The molecule has 0 unspecified atom stereocenters. The predicted octanol–water partition coefficient (Wildman–Crippen LogP) is 4.24. The lowest BCUT2D eigenvalue weighted by atomic mass is 10.1. The summed E-state index contributed by atoms with van der Waals surface area (Å²) in [6, 6.07) is 15.9. The average molecular weight is 301 g/mol. The Labute approximate surface area is 115 Å². The minimum Gasteiger partial charge on any atom is -0.381 e. The number of hydrogen-bond acceptors (Lipinski definition) is 2. The highest BCUT2D eigenvalue weighted by atomic mass is 79.9. The Balaban J connectivity index is 2.04. The van der Waals surface area contributed by atoms with Crippen LogP contribution in [-0.2, 0) is 6.54 Å². The van der Waals surface area contributed by atoms with Crippen LogP contribution in [0.3, 0.4) is 0 Å². The molecule has 2 aromatic rings. The van der Waals surface area contributed by atoms with Crippen molar-refractivity contribution in [2.75, 3.05) is 5.32 Å². The summed E-state index contributed by atoms with van der Waals surface area (Å²) in [4.78, 5) is 0. The molecule has 0 aliphatic carbocycles. The maximum atomic E-state index is 8.72. The molecule has 0 radical (unpaired) electrons. The van der Waals surface area contributed by atoms with Crippen molar-refractivity contribution in [2.24, 2.45) is 0 Å². The third-order valence-corrected chi connectivity index (χ3v) is 3.44. The normalized spacial score (nSPS) is 9.83. The van der Waals surface area contributed by atoms with Gasteiger partial charge in [0.25, 0.3) is 0 Å². The predicted molar refractivity (Wildman–Crippen MR) is 77.4 cm³/mol. The molecule has 0 aromatic heterocycles. The smallest absolute Gasteiger partial charge is 0.0991 e. The molecule has 0 spiro atoms. The molecule has 0 fully saturated rings. The Morgan fingerprint density at radius 1 is 1.17 bits per heavy atom. The molecular weight excluding hydrogens is 288 g/mol. The number of hydrogen-bond donors (Lipinski definition) is 1. The van der Waals surface area contributed by atoms with Crippen LogP contribution in [0.25, 0.3) is 0 Å². The van der Waals surface area contributed by atoms with Gasteiger partial charge in [0.15, 0.2) is 0 Å². The minimum absolute atomic E-state index is 0.678. The molecule has 0 bridgehead atoms. The fourth-order valence-corrected chi connectivity index (χ4v) is 2.29. The van der Waals surface area contributed by atoms with Crippen molar-refractivity contribution >= 4 is 21.6 Å². The number of nitrogens with zero attached hydrogens (tertiary/aromatic N) is 1. The second-order valence-electron chi connectivity index (χ2n) is 4.14. The summed E-state index contributed by atoms with van der Waals surface area (Å²) in [5.41, 5.74) is 4.15. The maximum Gasteiger partial charge on any atom is 0.0991 e. The SMILES string of the molecule is Cc1ccc(CNc2ccc(C#N)cc2)c(Br)c1. The lowest BCUT2D eigenvalue weighted by molar-refractivity contribution is 1.13. The van der Waals surface area contributed by atoms with E-state index in [1.54, 1.807) is 0 Å². The van der Waals surface area contributed by atoms with E-state index in [4.69, 9.17) is 5.26 Å². The van der Waals surface area contributed by atoms with E-state index in [1.165, 1.54) is 11.1 Å². The fraction of sp³-hybridized carbons (Fsp3) is 0.133. The van der Waals surface area contributed by atoms with Crippen molar-refractivity contribution in [1.29, 1.82) is 5.26 Å². The largest absolute Gasteiger partial charge is 0.381 e. The summed E-state index contributed by atoms with van der Waals surface area (Å²) in [5.74, 6) is 0. The van der Waals surface area contributed by atoms with Crippen LogP contribution in [-0.4, -0.2) is 0 Å². The summed E-state index contributed by atoms with van der Waals surface area (Å²) in [5, 5.41) is 12.1. The van der Waals surface area contributed by atoms with E-state index in [1.807, 2.05) is 24.3 Å². The minimum atomic E-state index is 0.678. The number of nitrogens with one attached hydrogen (secondary N) is 1. The first-order chi connectivity index (χ1) is 8.69. The molecular formula is C15H13BrN2. The first kappa shape index (κ1) is 12.7. The summed E-state index contributed by atoms with van der Waals surface area (Å²) in [7, 11) is 0. The molecule has 2 aromatic carbocycles. The highest BCUT2D eigenvalue weighted by Gasteiger charge is 2.00. The van der Waals surface area contributed by atoms with Gasteiger partial charge in [-0.05, 0) is 48.4 Å². The van der Waals surface area contributed by atoms with E-state index >= 15 is 0 Å². The molecule has 3 heteroatoms. The zero-order chi connectivity index (χ0) is 13.0. The van der Waals surface area contributed by atoms with Gasteiger partial charge in [0, 0.05) is 16.7 Å². The quantitative estimate of drug-likeness (QED) is 0.920. The Morgan fingerprint density at radius 3 is 2.50 bits per heavy atom. The standard InChI is InChI=1S/C15H13BrN2/c1-11-2-5-13(15(16)8-11)10-18-14-6-3-12(9-17)4-7-14/h2-8,18H,10H2,1H3. The fourth-order valence-electron chi connectivity index (χ4n) is 1.66. The first-order valence-corrected chi connectivity index (χ1v) is 6.47. The van der Waals surface area contributed by atoms with Gasteiger partial charge >= 0.3 is 0 Å².